The number of Topliss-reactive ketones (excluding diaryl/α,β-unsaturated/α-hetero) is 1. The van der Waals surface area contributed by atoms with Gasteiger partial charge in [0.1, 0.15) is 0 Å². The van der Waals surface area contributed by atoms with Gasteiger partial charge in [-0.3, -0.25) is 4.79 Å². The average molecular weight is 298 g/mol. The number of aryl methyl sites for hydroxylation is 2. The van der Waals surface area contributed by atoms with Crippen molar-refractivity contribution in [3.05, 3.63) is 47.3 Å². The molecule has 0 unspecified atom stereocenters. The standard InChI is InChI=1S/C17H18N2OS/c20-16(14-5-4-12-2-1-3-13(12)10-14)11-21-17-18-8-9-19(17)15-6-7-15/h4-5,8-10,15H,1-3,6-7,11H2. The molecule has 4 heteroatoms. The summed E-state index contributed by atoms with van der Waals surface area (Å²) < 4.78 is 2.21. The molecule has 1 fully saturated rings. The molecule has 0 radical (unpaired) electrons. The fourth-order valence-electron chi connectivity index (χ4n) is 3.00. The smallest absolute Gasteiger partial charge is 0.173 e. The van der Waals surface area contributed by atoms with Gasteiger partial charge in [-0.25, -0.2) is 4.98 Å². The number of imidazole rings is 1. The molecule has 0 spiro atoms. The van der Waals surface area contributed by atoms with E-state index >= 15 is 0 Å². The minimum Gasteiger partial charge on any atom is -0.323 e. The topological polar surface area (TPSA) is 34.9 Å². The van der Waals surface area contributed by atoms with Crippen molar-refractivity contribution in [2.75, 3.05) is 5.75 Å². The highest BCUT2D eigenvalue weighted by molar-refractivity contribution is 7.99. The highest BCUT2D eigenvalue weighted by Crippen LogP contribution is 2.37. The molecule has 1 heterocycles. The van der Waals surface area contributed by atoms with E-state index in [1.54, 1.807) is 11.8 Å². The van der Waals surface area contributed by atoms with Crippen molar-refractivity contribution < 1.29 is 4.79 Å². The molecule has 1 saturated carbocycles. The highest BCUT2D eigenvalue weighted by atomic mass is 32.2. The molecule has 0 aliphatic heterocycles. The molecular formula is C17H18N2OS. The Bertz CT molecular complexity index is 688. The normalized spacial score (nSPS) is 17.0. The van der Waals surface area contributed by atoms with Gasteiger partial charge in [0.15, 0.2) is 10.9 Å². The van der Waals surface area contributed by atoms with E-state index in [0.717, 1.165) is 23.6 Å². The van der Waals surface area contributed by atoms with Crippen molar-refractivity contribution in [2.24, 2.45) is 0 Å². The molecule has 0 amide bonds. The van der Waals surface area contributed by atoms with Gasteiger partial charge in [-0.15, -0.1) is 0 Å². The molecule has 1 aromatic carbocycles. The number of hydrogen-bond acceptors (Lipinski definition) is 3. The van der Waals surface area contributed by atoms with E-state index in [2.05, 4.69) is 21.7 Å². The molecule has 2 aliphatic carbocycles. The van der Waals surface area contributed by atoms with Crippen molar-refractivity contribution in [3.63, 3.8) is 0 Å². The monoisotopic (exact) mass is 298 g/mol. The van der Waals surface area contributed by atoms with Gasteiger partial charge in [0.2, 0.25) is 0 Å². The van der Waals surface area contributed by atoms with E-state index in [0.29, 0.717) is 11.8 Å². The van der Waals surface area contributed by atoms with E-state index in [9.17, 15) is 4.79 Å². The number of rotatable bonds is 5. The van der Waals surface area contributed by atoms with Crippen molar-refractivity contribution >= 4 is 17.5 Å². The second-order valence-electron chi connectivity index (χ2n) is 5.90. The van der Waals surface area contributed by atoms with Crippen LogP contribution < -0.4 is 0 Å². The number of aromatic nitrogens is 2. The Balaban J connectivity index is 1.44. The van der Waals surface area contributed by atoms with E-state index in [-0.39, 0.29) is 5.78 Å². The van der Waals surface area contributed by atoms with Gasteiger partial charge in [-0.05, 0) is 49.3 Å². The zero-order valence-corrected chi connectivity index (χ0v) is 12.7. The van der Waals surface area contributed by atoms with Crippen LogP contribution in [-0.2, 0) is 12.8 Å². The Morgan fingerprint density at radius 2 is 2.14 bits per heavy atom. The van der Waals surface area contributed by atoms with E-state index < -0.39 is 0 Å². The van der Waals surface area contributed by atoms with Crippen LogP contribution in [0.15, 0.2) is 35.7 Å². The second kappa shape index (κ2) is 5.34. The van der Waals surface area contributed by atoms with Crippen LogP contribution in [0.25, 0.3) is 0 Å². The first-order chi connectivity index (χ1) is 10.3. The Morgan fingerprint density at radius 3 is 3.00 bits per heavy atom. The summed E-state index contributed by atoms with van der Waals surface area (Å²) >= 11 is 1.56. The SMILES string of the molecule is O=C(CSc1nccn1C1CC1)c1ccc2c(c1)CCC2. The van der Waals surface area contributed by atoms with Crippen molar-refractivity contribution in [1.82, 2.24) is 9.55 Å². The maximum atomic E-state index is 12.4. The molecule has 0 atom stereocenters. The number of benzene rings is 1. The summed E-state index contributed by atoms with van der Waals surface area (Å²) in [5, 5.41) is 0.979. The van der Waals surface area contributed by atoms with Gasteiger partial charge >= 0.3 is 0 Å². The number of fused-ring (bicyclic) bond motifs is 1. The van der Waals surface area contributed by atoms with Crippen LogP contribution in [0.1, 0.15) is 46.8 Å². The van der Waals surface area contributed by atoms with Crippen molar-refractivity contribution in [2.45, 2.75) is 43.3 Å². The predicted octanol–water partition coefficient (Wildman–Crippen LogP) is 3.68. The summed E-state index contributed by atoms with van der Waals surface area (Å²) in [7, 11) is 0. The first-order valence-corrected chi connectivity index (χ1v) is 8.60. The van der Waals surface area contributed by atoms with Gasteiger partial charge < -0.3 is 4.57 Å². The van der Waals surface area contributed by atoms with Crippen LogP contribution >= 0.6 is 11.8 Å². The Kier molecular flexibility index (Phi) is 3.34. The van der Waals surface area contributed by atoms with Gasteiger partial charge in [0, 0.05) is 24.0 Å². The van der Waals surface area contributed by atoms with Crippen LogP contribution in [0, 0.1) is 0 Å². The molecule has 3 nitrogen and oxygen atoms in total. The van der Waals surface area contributed by atoms with Crippen LogP contribution in [0.2, 0.25) is 0 Å². The number of ketones is 1. The first-order valence-electron chi connectivity index (χ1n) is 7.62. The fourth-order valence-corrected chi connectivity index (χ4v) is 3.92. The van der Waals surface area contributed by atoms with Crippen LogP contribution in [0.3, 0.4) is 0 Å². The maximum Gasteiger partial charge on any atom is 0.173 e. The lowest BCUT2D eigenvalue weighted by atomic mass is 10.0. The zero-order chi connectivity index (χ0) is 14.2. The third-order valence-electron chi connectivity index (χ3n) is 4.33. The maximum absolute atomic E-state index is 12.4. The minimum atomic E-state index is 0.208. The summed E-state index contributed by atoms with van der Waals surface area (Å²) in [6.45, 7) is 0. The molecular weight excluding hydrogens is 280 g/mol. The number of nitrogens with zero attached hydrogens (tertiary/aromatic N) is 2. The molecule has 4 rings (SSSR count). The molecule has 21 heavy (non-hydrogen) atoms. The third-order valence-corrected chi connectivity index (χ3v) is 5.31. The first kappa shape index (κ1) is 13.1. The third kappa shape index (κ3) is 2.64. The predicted molar refractivity (Wildman–Crippen MR) is 84.0 cm³/mol. The Morgan fingerprint density at radius 1 is 1.29 bits per heavy atom. The molecule has 0 N–H and O–H groups in total. The zero-order valence-electron chi connectivity index (χ0n) is 11.9. The van der Waals surface area contributed by atoms with Gasteiger partial charge in [-0.1, -0.05) is 23.9 Å². The fraction of sp³-hybridized carbons (Fsp3) is 0.412. The lowest BCUT2D eigenvalue weighted by molar-refractivity contribution is 0.102. The summed E-state index contributed by atoms with van der Waals surface area (Å²) in [6.07, 6.45) is 9.85. The summed E-state index contributed by atoms with van der Waals surface area (Å²) in [5.41, 5.74) is 3.64. The minimum absolute atomic E-state index is 0.208. The van der Waals surface area contributed by atoms with E-state index in [4.69, 9.17) is 0 Å². The quantitative estimate of drug-likeness (QED) is 0.624. The summed E-state index contributed by atoms with van der Waals surface area (Å²) in [6, 6.07) is 6.83. The molecule has 2 aromatic rings. The Labute approximate surface area is 128 Å². The highest BCUT2D eigenvalue weighted by Gasteiger charge is 2.25. The van der Waals surface area contributed by atoms with Crippen molar-refractivity contribution in [1.29, 1.82) is 0 Å². The largest absolute Gasteiger partial charge is 0.323 e. The molecule has 0 bridgehead atoms. The van der Waals surface area contributed by atoms with E-state index in [1.165, 1.54) is 30.4 Å². The average Bonchev–Trinajstić information content (AvgIpc) is 3.06. The second-order valence-corrected chi connectivity index (χ2v) is 6.84. The summed E-state index contributed by atoms with van der Waals surface area (Å²) in [5.74, 6) is 0.683. The molecule has 108 valence electrons. The molecule has 1 aromatic heterocycles. The number of carbonyl (C=O) groups is 1. The van der Waals surface area contributed by atoms with E-state index in [1.807, 2.05) is 18.5 Å². The van der Waals surface area contributed by atoms with Crippen LogP contribution in [0.4, 0.5) is 0 Å². The lowest BCUT2D eigenvalue weighted by Gasteiger charge is -2.06. The van der Waals surface area contributed by atoms with Crippen LogP contribution in [-0.4, -0.2) is 21.1 Å². The molecule has 2 aliphatic rings. The van der Waals surface area contributed by atoms with Crippen LogP contribution in [0.5, 0.6) is 0 Å². The number of hydrogen-bond donors (Lipinski definition) is 0. The van der Waals surface area contributed by atoms with Gasteiger partial charge in [-0.2, -0.15) is 0 Å². The van der Waals surface area contributed by atoms with Crippen molar-refractivity contribution in [3.8, 4) is 0 Å². The van der Waals surface area contributed by atoms with Gasteiger partial charge in [0.25, 0.3) is 0 Å². The number of carbonyl (C=O) groups excluding carboxylic acids is 1. The van der Waals surface area contributed by atoms with Gasteiger partial charge in [0.05, 0.1) is 5.75 Å². The summed E-state index contributed by atoms with van der Waals surface area (Å²) in [4.78, 5) is 16.8. The molecule has 0 saturated heterocycles. The number of thioether (sulfide) groups is 1. The Hall–Kier alpha value is -1.55. The lowest BCUT2D eigenvalue weighted by Crippen LogP contribution is -2.05.